The molecule has 0 amide bonds. The van der Waals surface area contributed by atoms with Gasteiger partial charge in [0.25, 0.3) is 0 Å². The standard InChI is InChI=1S/C29H61NO2/c1-4-6-8-10-12-14-16-18-20-22-26-31-28-24-30(3)25-29-32-27-23-21-19-17-15-13-11-9-7-5-2/h4-29H2,1-3H3. The van der Waals surface area contributed by atoms with Crippen molar-refractivity contribution in [3.63, 3.8) is 0 Å². The van der Waals surface area contributed by atoms with Crippen molar-refractivity contribution in [3.8, 4) is 0 Å². The highest BCUT2D eigenvalue weighted by molar-refractivity contribution is 4.52. The van der Waals surface area contributed by atoms with E-state index < -0.39 is 0 Å². The first-order valence-electron chi connectivity index (χ1n) is 14.6. The Kier molecular flexibility index (Phi) is 28.8. The van der Waals surface area contributed by atoms with E-state index in [2.05, 4.69) is 25.8 Å². The van der Waals surface area contributed by atoms with Crippen molar-refractivity contribution < 1.29 is 9.47 Å². The zero-order valence-electron chi connectivity index (χ0n) is 22.6. The highest BCUT2D eigenvalue weighted by Gasteiger charge is 1.99. The van der Waals surface area contributed by atoms with Gasteiger partial charge in [-0.1, -0.05) is 129 Å². The molecular formula is C29H61NO2. The SMILES string of the molecule is CCCCCCCCCCCCOCCN(C)CCOCCCCCCCCCCCC. The van der Waals surface area contributed by atoms with Gasteiger partial charge in [0.15, 0.2) is 0 Å². The van der Waals surface area contributed by atoms with Gasteiger partial charge in [0.2, 0.25) is 0 Å². The van der Waals surface area contributed by atoms with Crippen molar-refractivity contribution in [1.82, 2.24) is 4.90 Å². The van der Waals surface area contributed by atoms with E-state index in [1.54, 1.807) is 0 Å². The third kappa shape index (κ3) is 27.9. The van der Waals surface area contributed by atoms with Gasteiger partial charge in [-0.25, -0.2) is 0 Å². The summed E-state index contributed by atoms with van der Waals surface area (Å²) in [6.45, 7) is 10.2. The Bertz CT molecular complexity index is 294. The third-order valence-electron chi connectivity index (χ3n) is 6.52. The summed E-state index contributed by atoms with van der Waals surface area (Å²) in [4.78, 5) is 2.33. The maximum Gasteiger partial charge on any atom is 0.0593 e. The lowest BCUT2D eigenvalue weighted by molar-refractivity contribution is 0.0814. The highest BCUT2D eigenvalue weighted by atomic mass is 16.5. The Morgan fingerprint density at radius 2 is 0.656 bits per heavy atom. The normalized spacial score (nSPS) is 11.6. The molecular weight excluding hydrogens is 394 g/mol. The molecule has 0 radical (unpaired) electrons. The molecule has 0 aromatic carbocycles. The lowest BCUT2D eigenvalue weighted by Crippen LogP contribution is -2.27. The first kappa shape index (κ1) is 31.9. The molecule has 0 heterocycles. The molecule has 0 saturated heterocycles. The van der Waals surface area contributed by atoms with Crippen molar-refractivity contribution in [2.24, 2.45) is 0 Å². The lowest BCUT2D eigenvalue weighted by Gasteiger charge is -2.16. The third-order valence-corrected chi connectivity index (χ3v) is 6.52. The van der Waals surface area contributed by atoms with E-state index in [4.69, 9.17) is 9.47 Å². The Balaban J connectivity index is 3.13. The first-order chi connectivity index (χ1) is 15.8. The fourth-order valence-electron chi connectivity index (χ4n) is 4.14. The lowest BCUT2D eigenvalue weighted by atomic mass is 10.1. The first-order valence-corrected chi connectivity index (χ1v) is 14.6. The van der Waals surface area contributed by atoms with Crippen molar-refractivity contribution in [2.45, 2.75) is 142 Å². The smallest absolute Gasteiger partial charge is 0.0593 e. The fraction of sp³-hybridized carbons (Fsp3) is 1.00. The van der Waals surface area contributed by atoms with E-state index in [1.165, 1.54) is 128 Å². The molecule has 0 rings (SSSR count). The minimum Gasteiger partial charge on any atom is -0.380 e. The second-order valence-electron chi connectivity index (χ2n) is 9.89. The van der Waals surface area contributed by atoms with Crippen LogP contribution in [0.2, 0.25) is 0 Å². The predicted octanol–water partition coefficient (Wildman–Crippen LogP) is 8.79. The number of ether oxygens (including phenoxy) is 2. The summed E-state index contributed by atoms with van der Waals surface area (Å²) in [5.41, 5.74) is 0. The number of unbranched alkanes of at least 4 members (excludes halogenated alkanes) is 18. The zero-order chi connectivity index (χ0) is 23.4. The number of likely N-dealkylation sites (N-methyl/N-ethyl adjacent to an activating group) is 1. The van der Waals surface area contributed by atoms with Gasteiger partial charge in [-0.3, -0.25) is 0 Å². The van der Waals surface area contributed by atoms with Gasteiger partial charge in [0.1, 0.15) is 0 Å². The number of nitrogens with zero attached hydrogens (tertiary/aromatic N) is 1. The molecule has 0 bridgehead atoms. The fourth-order valence-corrected chi connectivity index (χ4v) is 4.14. The summed E-state index contributed by atoms with van der Waals surface area (Å²) in [5.74, 6) is 0. The van der Waals surface area contributed by atoms with E-state index >= 15 is 0 Å². The van der Waals surface area contributed by atoms with Gasteiger partial charge < -0.3 is 14.4 Å². The molecule has 0 aliphatic rings. The largest absolute Gasteiger partial charge is 0.380 e. The van der Waals surface area contributed by atoms with Crippen LogP contribution in [-0.4, -0.2) is 51.5 Å². The molecule has 32 heavy (non-hydrogen) atoms. The molecule has 0 aliphatic carbocycles. The van der Waals surface area contributed by atoms with Crippen LogP contribution in [0.5, 0.6) is 0 Å². The molecule has 0 atom stereocenters. The monoisotopic (exact) mass is 455 g/mol. The van der Waals surface area contributed by atoms with Crippen LogP contribution < -0.4 is 0 Å². The van der Waals surface area contributed by atoms with Crippen molar-refractivity contribution in [3.05, 3.63) is 0 Å². The number of hydrogen-bond donors (Lipinski definition) is 0. The van der Waals surface area contributed by atoms with Crippen LogP contribution in [0.15, 0.2) is 0 Å². The zero-order valence-corrected chi connectivity index (χ0v) is 22.6. The number of hydrogen-bond acceptors (Lipinski definition) is 3. The average Bonchev–Trinajstić information content (AvgIpc) is 2.80. The van der Waals surface area contributed by atoms with Crippen molar-refractivity contribution >= 4 is 0 Å². The molecule has 3 nitrogen and oxygen atoms in total. The summed E-state index contributed by atoms with van der Waals surface area (Å²) in [5, 5.41) is 0. The highest BCUT2D eigenvalue weighted by Crippen LogP contribution is 2.11. The summed E-state index contributed by atoms with van der Waals surface area (Å²) in [6, 6.07) is 0. The van der Waals surface area contributed by atoms with Crippen LogP contribution in [-0.2, 0) is 9.47 Å². The second kappa shape index (κ2) is 28.9. The Morgan fingerprint density at radius 1 is 0.375 bits per heavy atom. The van der Waals surface area contributed by atoms with Crippen molar-refractivity contribution in [2.75, 3.05) is 46.6 Å². The minimum absolute atomic E-state index is 0.854. The quantitative estimate of drug-likeness (QED) is 0.110. The molecule has 0 spiro atoms. The van der Waals surface area contributed by atoms with Crippen LogP contribution in [0.3, 0.4) is 0 Å². The molecule has 0 aliphatic heterocycles. The van der Waals surface area contributed by atoms with Crippen LogP contribution >= 0.6 is 0 Å². The summed E-state index contributed by atoms with van der Waals surface area (Å²) < 4.78 is 11.6. The molecule has 194 valence electrons. The summed E-state index contributed by atoms with van der Waals surface area (Å²) in [7, 11) is 2.17. The van der Waals surface area contributed by atoms with Gasteiger partial charge in [0.05, 0.1) is 13.2 Å². The molecule has 0 fully saturated rings. The van der Waals surface area contributed by atoms with Crippen LogP contribution in [0.1, 0.15) is 142 Å². The predicted molar refractivity (Wildman–Crippen MR) is 143 cm³/mol. The molecule has 0 aromatic rings. The topological polar surface area (TPSA) is 21.7 Å². The van der Waals surface area contributed by atoms with Gasteiger partial charge in [-0.2, -0.15) is 0 Å². The molecule has 0 saturated carbocycles. The van der Waals surface area contributed by atoms with E-state index in [0.29, 0.717) is 0 Å². The molecule has 0 unspecified atom stereocenters. The molecule has 0 aromatic heterocycles. The van der Waals surface area contributed by atoms with E-state index in [1.807, 2.05) is 0 Å². The van der Waals surface area contributed by atoms with E-state index in [0.717, 1.165) is 39.5 Å². The second-order valence-corrected chi connectivity index (χ2v) is 9.89. The van der Waals surface area contributed by atoms with E-state index in [-0.39, 0.29) is 0 Å². The van der Waals surface area contributed by atoms with Crippen LogP contribution in [0.4, 0.5) is 0 Å². The van der Waals surface area contributed by atoms with Crippen LogP contribution in [0, 0.1) is 0 Å². The van der Waals surface area contributed by atoms with Gasteiger partial charge in [0, 0.05) is 26.3 Å². The van der Waals surface area contributed by atoms with E-state index in [9.17, 15) is 0 Å². The summed E-state index contributed by atoms with van der Waals surface area (Å²) >= 11 is 0. The maximum absolute atomic E-state index is 5.81. The molecule has 3 heteroatoms. The molecule has 0 N–H and O–H groups in total. The number of rotatable bonds is 28. The van der Waals surface area contributed by atoms with Gasteiger partial charge in [-0.05, 0) is 19.9 Å². The van der Waals surface area contributed by atoms with Crippen LogP contribution in [0.25, 0.3) is 0 Å². The summed E-state index contributed by atoms with van der Waals surface area (Å²) in [6.07, 6.45) is 27.7. The maximum atomic E-state index is 5.81. The Labute approximate surface area is 203 Å². The van der Waals surface area contributed by atoms with Gasteiger partial charge in [-0.15, -0.1) is 0 Å². The van der Waals surface area contributed by atoms with Crippen molar-refractivity contribution in [1.29, 1.82) is 0 Å². The Morgan fingerprint density at radius 3 is 0.969 bits per heavy atom. The Hall–Kier alpha value is -0.120. The minimum atomic E-state index is 0.854. The van der Waals surface area contributed by atoms with Gasteiger partial charge >= 0.3 is 0 Å². The average molecular weight is 456 g/mol.